The Morgan fingerprint density at radius 1 is 1.02 bits per heavy atom. The second kappa shape index (κ2) is 12.6. The largest absolute Gasteiger partial charge is 0.380 e. The molecule has 3 aromatic carbocycles. The van der Waals surface area contributed by atoms with Gasteiger partial charge in [0, 0.05) is 21.6 Å². The molecule has 0 radical (unpaired) electrons. The van der Waals surface area contributed by atoms with Crippen LogP contribution in [0, 0.1) is 18.2 Å². The zero-order valence-corrected chi connectivity index (χ0v) is 23.8. The lowest BCUT2D eigenvalue weighted by Gasteiger charge is -2.39. The lowest BCUT2D eigenvalue weighted by molar-refractivity contribution is -0.304. The van der Waals surface area contributed by atoms with Crippen LogP contribution in [0.5, 0.6) is 0 Å². The van der Waals surface area contributed by atoms with Gasteiger partial charge in [-0.1, -0.05) is 49.2 Å². The monoisotopic (exact) mass is 592 g/mol. The summed E-state index contributed by atoms with van der Waals surface area (Å²) in [6.45, 7) is 8.00. The molecule has 214 valence electrons. The van der Waals surface area contributed by atoms with Crippen molar-refractivity contribution in [2.24, 2.45) is 11.1 Å². The molecule has 1 fully saturated rings. The van der Waals surface area contributed by atoms with Gasteiger partial charge in [-0.2, -0.15) is 0 Å². The molecule has 4 rings (SSSR count). The number of carbonyl (C=O) groups excluding carboxylic acids is 2. The first kappa shape index (κ1) is 31.5. The van der Waals surface area contributed by atoms with E-state index in [4.69, 9.17) is 33.7 Å². The molecule has 11 heteroatoms. The molecule has 0 aliphatic carbocycles. The molecular formula is C29H31Cl2FN2O6. The predicted octanol–water partition coefficient (Wildman–Crippen LogP) is 5.26. The maximum Gasteiger partial charge on any atom is 0.376 e. The van der Waals surface area contributed by atoms with Crippen molar-refractivity contribution < 1.29 is 34.0 Å². The van der Waals surface area contributed by atoms with Crippen molar-refractivity contribution in [3.05, 3.63) is 87.2 Å². The van der Waals surface area contributed by atoms with Gasteiger partial charge in [0.05, 0.1) is 29.5 Å². The topological polar surface area (TPSA) is 133 Å². The van der Waals surface area contributed by atoms with Gasteiger partial charge in [0.1, 0.15) is 5.82 Å². The van der Waals surface area contributed by atoms with Crippen LogP contribution >= 0.6 is 23.2 Å². The summed E-state index contributed by atoms with van der Waals surface area (Å²) >= 11 is 12.2. The summed E-state index contributed by atoms with van der Waals surface area (Å²) in [5, 5.41) is 29.7. The number of anilines is 1. The van der Waals surface area contributed by atoms with Crippen LogP contribution in [0.25, 0.3) is 11.1 Å². The summed E-state index contributed by atoms with van der Waals surface area (Å²) < 4.78 is 19.4. The molecule has 40 heavy (non-hydrogen) atoms. The minimum Gasteiger partial charge on any atom is -0.380 e. The molecule has 8 nitrogen and oxygen atoms in total. The Balaban J connectivity index is 0.000000472. The average molecular weight is 593 g/mol. The number of nitrogens with two attached hydrogens (primary N) is 1. The number of hydrogen-bond acceptors (Lipinski definition) is 6. The first-order chi connectivity index (χ1) is 18.7. The number of carbonyl (C=O) groups is 2. The van der Waals surface area contributed by atoms with Crippen LogP contribution in [0.4, 0.5) is 10.1 Å². The van der Waals surface area contributed by atoms with Gasteiger partial charge in [-0.25, -0.2) is 9.29 Å². The fourth-order valence-electron chi connectivity index (χ4n) is 4.24. The number of amides is 2. The minimum absolute atomic E-state index is 0.146. The Bertz CT molecular complexity index is 1370. The highest BCUT2D eigenvalue weighted by Gasteiger charge is 2.39. The molecule has 1 aliphatic rings. The Hall–Kier alpha value is -3.05. The van der Waals surface area contributed by atoms with Gasteiger partial charge < -0.3 is 25.8 Å². The molecule has 0 saturated carbocycles. The summed E-state index contributed by atoms with van der Waals surface area (Å²) in [5.41, 5.74) is 6.56. The van der Waals surface area contributed by atoms with Gasteiger partial charge in [-0.15, -0.1) is 0 Å². The molecule has 1 heterocycles. The summed E-state index contributed by atoms with van der Waals surface area (Å²) in [4.78, 5) is 24.6. The minimum atomic E-state index is -3.67. The van der Waals surface area contributed by atoms with E-state index in [1.54, 1.807) is 0 Å². The summed E-state index contributed by atoms with van der Waals surface area (Å²) in [5.74, 6) is -2.95. The van der Waals surface area contributed by atoms with E-state index in [1.807, 2.05) is 0 Å². The Morgan fingerprint density at radius 3 is 2.12 bits per heavy atom. The van der Waals surface area contributed by atoms with Crippen LogP contribution in [-0.4, -0.2) is 46.4 Å². The van der Waals surface area contributed by atoms with Crippen molar-refractivity contribution in [2.45, 2.75) is 39.7 Å². The molecule has 0 aromatic heterocycles. The normalized spacial score (nSPS) is 14.0. The summed E-state index contributed by atoms with van der Waals surface area (Å²) in [6, 6.07) is 12.2. The van der Waals surface area contributed by atoms with E-state index in [2.05, 4.69) is 13.8 Å². The van der Waals surface area contributed by atoms with Crippen LogP contribution in [0.3, 0.4) is 0 Å². The van der Waals surface area contributed by atoms with E-state index >= 15 is 0 Å². The quantitative estimate of drug-likeness (QED) is 0.276. The number of rotatable bonds is 7. The number of benzene rings is 3. The molecule has 0 unspecified atom stereocenters. The molecule has 0 spiro atoms. The third-order valence-electron chi connectivity index (χ3n) is 7.00. The maximum atomic E-state index is 14.3. The third-order valence-corrected chi connectivity index (χ3v) is 7.64. The van der Waals surface area contributed by atoms with Crippen LogP contribution in [0.2, 0.25) is 10.0 Å². The average Bonchev–Trinajstić information content (AvgIpc) is 2.85. The van der Waals surface area contributed by atoms with E-state index in [1.165, 1.54) is 68.3 Å². The fraction of sp³-hybridized carbons (Fsp3) is 0.310. The molecular weight excluding hydrogens is 562 g/mol. The second-order valence-corrected chi connectivity index (χ2v) is 10.4. The van der Waals surface area contributed by atoms with Gasteiger partial charge >= 0.3 is 6.10 Å². The number of halogens is 3. The van der Waals surface area contributed by atoms with E-state index in [0.29, 0.717) is 21.6 Å². The molecule has 1 saturated heterocycles. The van der Waals surface area contributed by atoms with E-state index in [9.17, 15) is 29.3 Å². The van der Waals surface area contributed by atoms with Crippen molar-refractivity contribution in [3.8, 4) is 11.1 Å². The third kappa shape index (κ3) is 6.80. The Kier molecular flexibility index (Phi) is 9.94. The first-order valence-electron chi connectivity index (χ1n) is 12.5. The lowest BCUT2D eigenvalue weighted by atomic mass is 9.81. The molecule has 5 N–H and O–H groups in total. The van der Waals surface area contributed by atoms with Gasteiger partial charge in [0.25, 0.3) is 5.91 Å². The van der Waals surface area contributed by atoms with E-state index in [-0.39, 0.29) is 26.7 Å². The molecule has 1 aliphatic heterocycles. The zero-order valence-electron chi connectivity index (χ0n) is 22.2. The molecule has 0 bridgehead atoms. The van der Waals surface area contributed by atoms with Crippen LogP contribution in [0.15, 0.2) is 54.6 Å². The van der Waals surface area contributed by atoms with Crippen molar-refractivity contribution >= 4 is 40.7 Å². The van der Waals surface area contributed by atoms with Crippen LogP contribution < -0.4 is 10.6 Å². The molecule has 0 atom stereocenters. The predicted molar refractivity (Wildman–Crippen MR) is 152 cm³/mol. The van der Waals surface area contributed by atoms with Gasteiger partial charge in [-0.05, 0) is 73.4 Å². The standard InChI is InChI=1S/C22H17Cl2FN2O5.C7H14O/c1-11-9-12(14-10-13(20(26)28)5-7-15(14)23)6-8-18(11)27(22(30,31)32)21(29)19-16(24)3-2-4-17(19)25;1-3-7(4-2)5-8-6-7/h2-10,30-32H,1H3,(H2,26,28);3-6H2,1-2H3. The SMILES string of the molecule is CCC1(CC)COC1.Cc1cc(-c2cc(C(N)=O)ccc2Cl)ccc1N(C(=O)c1c(F)cccc1Cl)C(O)(O)O. The Labute approximate surface area is 241 Å². The maximum absolute atomic E-state index is 14.3. The van der Waals surface area contributed by atoms with Crippen molar-refractivity contribution in [1.82, 2.24) is 0 Å². The van der Waals surface area contributed by atoms with Gasteiger partial charge in [0.15, 0.2) is 0 Å². The highest BCUT2D eigenvalue weighted by Crippen LogP contribution is 2.35. The van der Waals surface area contributed by atoms with Gasteiger partial charge in [0.2, 0.25) is 5.91 Å². The number of aryl methyl sites for hydroxylation is 1. The van der Waals surface area contributed by atoms with E-state index in [0.717, 1.165) is 19.3 Å². The van der Waals surface area contributed by atoms with E-state index < -0.39 is 29.3 Å². The van der Waals surface area contributed by atoms with Crippen molar-refractivity contribution in [2.75, 3.05) is 18.1 Å². The first-order valence-corrected chi connectivity index (χ1v) is 13.2. The smallest absolute Gasteiger partial charge is 0.376 e. The lowest BCUT2D eigenvalue weighted by Crippen LogP contribution is -2.53. The molecule has 3 aromatic rings. The number of primary amides is 1. The van der Waals surface area contributed by atoms with Gasteiger partial charge in [-0.3, -0.25) is 9.59 Å². The number of nitrogens with zero attached hydrogens (tertiary/aromatic N) is 1. The number of aliphatic hydroxyl groups is 3. The summed E-state index contributed by atoms with van der Waals surface area (Å²) in [7, 11) is 0. The summed E-state index contributed by atoms with van der Waals surface area (Å²) in [6.07, 6.45) is -1.11. The number of ether oxygens (including phenoxy) is 1. The number of hydrogen-bond donors (Lipinski definition) is 4. The van der Waals surface area contributed by atoms with Crippen LogP contribution in [-0.2, 0) is 4.74 Å². The van der Waals surface area contributed by atoms with Crippen LogP contribution in [0.1, 0.15) is 53.0 Å². The van der Waals surface area contributed by atoms with Crippen molar-refractivity contribution in [3.63, 3.8) is 0 Å². The zero-order chi connectivity index (χ0) is 29.8. The highest BCUT2D eigenvalue weighted by atomic mass is 35.5. The Morgan fingerprint density at radius 2 is 1.68 bits per heavy atom. The van der Waals surface area contributed by atoms with Crippen molar-refractivity contribution in [1.29, 1.82) is 0 Å². The fourth-order valence-corrected chi connectivity index (χ4v) is 4.71. The highest BCUT2D eigenvalue weighted by molar-refractivity contribution is 6.34. The molecule has 2 amide bonds. The second-order valence-electron chi connectivity index (χ2n) is 9.60.